The second-order valence-corrected chi connectivity index (χ2v) is 4.39. The van der Waals surface area contributed by atoms with Crippen LogP contribution in [-0.2, 0) is 4.74 Å². The summed E-state index contributed by atoms with van der Waals surface area (Å²) in [6.45, 7) is 9.45. The fourth-order valence-electron chi connectivity index (χ4n) is 0.916. The van der Waals surface area contributed by atoms with Crippen molar-refractivity contribution in [2.24, 2.45) is 0 Å². The zero-order valence-corrected chi connectivity index (χ0v) is 10.4. The summed E-state index contributed by atoms with van der Waals surface area (Å²) >= 11 is 0. The Hall–Kier alpha value is -1.43. The average Bonchev–Trinajstić information content (AvgIpc) is 2.13. The summed E-state index contributed by atoms with van der Waals surface area (Å²) in [5, 5.41) is 2.58. The monoisotopic (exact) mass is 223 g/mol. The van der Waals surface area contributed by atoms with Crippen molar-refractivity contribution in [1.82, 2.24) is 5.32 Å². The number of ether oxygens (including phenoxy) is 1. The SMILES string of the molecule is C=CCCCC#CCNC(=O)OC(C)(C)C. The third kappa shape index (κ3) is 10.6. The van der Waals surface area contributed by atoms with E-state index in [0.29, 0.717) is 6.54 Å². The van der Waals surface area contributed by atoms with Gasteiger partial charge in [0.2, 0.25) is 0 Å². The van der Waals surface area contributed by atoms with Crippen LogP contribution < -0.4 is 5.32 Å². The predicted molar refractivity (Wildman–Crippen MR) is 66.1 cm³/mol. The van der Waals surface area contributed by atoms with E-state index < -0.39 is 11.7 Å². The van der Waals surface area contributed by atoms with Crippen molar-refractivity contribution >= 4 is 6.09 Å². The molecule has 0 heterocycles. The molecule has 0 aliphatic heterocycles. The van der Waals surface area contributed by atoms with Crippen molar-refractivity contribution in [2.45, 2.75) is 45.6 Å². The Labute approximate surface area is 98.3 Å². The van der Waals surface area contributed by atoms with Gasteiger partial charge in [0, 0.05) is 6.42 Å². The molecule has 0 bridgehead atoms. The minimum atomic E-state index is -0.457. The maximum absolute atomic E-state index is 11.2. The third-order valence-corrected chi connectivity index (χ3v) is 1.56. The summed E-state index contributed by atoms with van der Waals surface area (Å²) in [5.74, 6) is 5.84. The molecule has 0 unspecified atom stereocenters. The van der Waals surface area contributed by atoms with Crippen LogP contribution in [-0.4, -0.2) is 18.2 Å². The molecule has 0 aliphatic rings. The lowest BCUT2D eigenvalue weighted by molar-refractivity contribution is 0.0535. The molecule has 0 rings (SSSR count). The fourth-order valence-corrected chi connectivity index (χ4v) is 0.916. The lowest BCUT2D eigenvalue weighted by atomic mass is 10.2. The standard InChI is InChI=1S/C13H21NO2/c1-5-6-7-8-9-10-11-14-12(15)16-13(2,3)4/h5H,1,6-8,11H2,2-4H3,(H,14,15). The number of allylic oxidation sites excluding steroid dienone is 1. The Kier molecular flexibility index (Phi) is 7.11. The van der Waals surface area contributed by atoms with E-state index in [9.17, 15) is 4.79 Å². The van der Waals surface area contributed by atoms with Crippen molar-refractivity contribution in [2.75, 3.05) is 6.54 Å². The van der Waals surface area contributed by atoms with Crippen molar-refractivity contribution in [3.63, 3.8) is 0 Å². The Balaban J connectivity index is 3.57. The molecule has 0 aliphatic carbocycles. The first kappa shape index (κ1) is 14.6. The van der Waals surface area contributed by atoms with Crippen LogP contribution in [0, 0.1) is 11.8 Å². The molecule has 0 aromatic carbocycles. The molecule has 3 nitrogen and oxygen atoms in total. The first-order valence-electron chi connectivity index (χ1n) is 5.49. The van der Waals surface area contributed by atoms with E-state index in [1.807, 2.05) is 26.8 Å². The quantitative estimate of drug-likeness (QED) is 0.452. The van der Waals surface area contributed by atoms with Gasteiger partial charge in [0.05, 0.1) is 6.54 Å². The van der Waals surface area contributed by atoms with E-state index >= 15 is 0 Å². The van der Waals surface area contributed by atoms with Gasteiger partial charge in [-0.05, 0) is 33.6 Å². The molecule has 90 valence electrons. The number of hydrogen-bond acceptors (Lipinski definition) is 2. The zero-order valence-electron chi connectivity index (χ0n) is 10.4. The molecule has 0 aromatic heterocycles. The summed E-state index contributed by atoms with van der Waals surface area (Å²) in [6, 6.07) is 0. The Bertz CT molecular complexity index is 279. The van der Waals surface area contributed by atoms with Crippen LogP contribution in [0.5, 0.6) is 0 Å². The van der Waals surface area contributed by atoms with Crippen LogP contribution in [0.4, 0.5) is 4.79 Å². The zero-order chi connectivity index (χ0) is 12.4. The van der Waals surface area contributed by atoms with Gasteiger partial charge < -0.3 is 10.1 Å². The van der Waals surface area contributed by atoms with Gasteiger partial charge >= 0.3 is 6.09 Å². The largest absolute Gasteiger partial charge is 0.444 e. The van der Waals surface area contributed by atoms with Crippen LogP contribution in [0.25, 0.3) is 0 Å². The third-order valence-electron chi connectivity index (χ3n) is 1.56. The molecular formula is C13H21NO2. The summed E-state index contributed by atoms with van der Waals surface area (Å²) in [7, 11) is 0. The van der Waals surface area contributed by atoms with Crippen molar-refractivity contribution in [3.8, 4) is 11.8 Å². The number of nitrogens with one attached hydrogen (secondary N) is 1. The van der Waals surface area contributed by atoms with E-state index in [2.05, 4.69) is 23.7 Å². The fraction of sp³-hybridized carbons (Fsp3) is 0.615. The molecular weight excluding hydrogens is 202 g/mol. The van der Waals surface area contributed by atoms with Gasteiger partial charge in [-0.15, -0.1) is 12.5 Å². The van der Waals surface area contributed by atoms with Gasteiger partial charge in [-0.1, -0.05) is 12.0 Å². The van der Waals surface area contributed by atoms with E-state index in [1.54, 1.807) is 0 Å². The first-order valence-corrected chi connectivity index (χ1v) is 5.49. The summed E-state index contributed by atoms with van der Waals surface area (Å²) in [5.41, 5.74) is -0.457. The number of carbonyl (C=O) groups excluding carboxylic acids is 1. The number of rotatable bonds is 4. The maximum atomic E-state index is 11.2. The number of unbranched alkanes of at least 4 members (excludes halogenated alkanes) is 2. The molecule has 0 saturated carbocycles. The Morgan fingerprint density at radius 2 is 2.12 bits per heavy atom. The second-order valence-electron chi connectivity index (χ2n) is 4.39. The number of carbonyl (C=O) groups is 1. The van der Waals surface area contributed by atoms with Gasteiger partial charge in [0.1, 0.15) is 5.60 Å². The molecule has 0 spiro atoms. The van der Waals surface area contributed by atoms with Crippen molar-refractivity contribution < 1.29 is 9.53 Å². The number of hydrogen-bond donors (Lipinski definition) is 1. The second kappa shape index (κ2) is 7.81. The highest BCUT2D eigenvalue weighted by atomic mass is 16.6. The van der Waals surface area contributed by atoms with Crippen LogP contribution >= 0.6 is 0 Å². The molecule has 0 aromatic rings. The van der Waals surface area contributed by atoms with Crippen LogP contribution in [0.1, 0.15) is 40.0 Å². The molecule has 1 N–H and O–H groups in total. The Morgan fingerprint density at radius 1 is 1.44 bits per heavy atom. The lowest BCUT2D eigenvalue weighted by Gasteiger charge is -2.18. The maximum Gasteiger partial charge on any atom is 0.408 e. The molecule has 16 heavy (non-hydrogen) atoms. The van der Waals surface area contributed by atoms with E-state index in [0.717, 1.165) is 19.3 Å². The van der Waals surface area contributed by atoms with E-state index in [1.165, 1.54) is 0 Å². The first-order chi connectivity index (χ1) is 7.45. The van der Waals surface area contributed by atoms with Crippen molar-refractivity contribution in [3.05, 3.63) is 12.7 Å². The smallest absolute Gasteiger partial charge is 0.408 e. The Morgan fingerprint density at radius 3 is 2.69 bits per heavy atom. The summed E-state index contributed by atoms with van der Waals surface area (Å²) in [6.07, 6.45) is 4.28. The highest BCUT2D eigenvalue weighted by Gasteiger charge is 2.14. The van der Waals surface area contributed by atoms with Gasteiger partial charge in [0.25, 0.3) is 0 Å². The molecule has 1 amide bonds. The van der Waals surface area contributed by atoms with Gasteiger partial charge in [-0.3, -0.25) is 0 Å². The molecule has 0 fully saturated rings. The van der Waals surface area contributed by atoms with Crippen molar-refractivity contribution in [1.29, 1.82) is 0 Å². The van der Waals surface area contributed by atoms with E-state index in [4.69, 9.17) is 4.74 Å². The van der Waals surface area contributed by atoms with Crippen LogP contribution in [0.3, 0.4) is 0 Å². The molecule has 0 radical (unpaired) electrons. The molecule has 0 atom stereocenters. The van der Waals surface area contributed by atoms with Gasteiger partial charge in [0.15, 0.2) is 0 Å². The normalized spacial score (nSPS) is 9.94. The lowest BCUT2D eigenvalue weighted by Crippen LogP contribution is -2.32. The van der Waals surface area contributed by atoms with Gasteiger partial charge in [-0.2, -0.15) is 0 Å². The number of amides is 1. The molecule has 0 saturated heterocycles. The van der Waals surface area contributed by atoms with E-state index in [-0.39, 0.29) is 0 Å². The minimum Gasteiger partial charge on any atom is -0.444 e. The summed E-state index contributed by atoms with van der Waals surface area (Å²) in [4.78, 5) is 11.2. The van der Waals surface area contributed by atoms with Gasteiger partial charge in [-0.25, -0.2) is 4.79 Å². The topological polar surface area (TPSA) is 38.3 Å². The van der Waals surface area contributed by atoms with Crippen LogP contribution in [0.15, 0.2) is 12.7 Å². The highest BCUT2D eigenvalue weighted by molar-refractivity contribution is 5.67. The predicted octanol–water partition coefficient (Wildman–Crippen LogP) is 2.87. The average molecular weight is 223 g/mol. The van der Waals surface area contributed by atoms with Crippen LogP contribution in [0.2, 0.25) is 0 Å². The summed E-state index contributed by atoms with van der Waals surface area (Å²) < 4.78 is 5.05. The molecule has 3 heteroatoms. The minimum absolute atomic E-state index is 0.336. The highest BCUT2D eigenvalue weighted by Crippen LogP contribution is 2.05. The number of alkyl carbamates (subject to hydrolysis) is 1.